The third-order valence-electron chi connectivity index (χ3n) is 6.50. The van der Waals surface area contributed by atoms with E-state index in [0.717, 1.165) is 56.1 Å². The number of para-hydroxylation sites is 1. The minimum atomic E-state index is 0.205. The molecule has 6 nitrogen and oxygen atoms in total. The van der Waals surface area contributed by atoms with Gasteiger partial charge in [-0.3, -0.25) is 9.69 Å². The van der Waals surface area contributed by atoms with Crippen LogP contribution >= 0.6 is 0 Å². The van der Waals surface area contributed by atoms with Crippen LogP contribution in [0.25, 0.3) is 0 Å². The number of benzene rings is 2. The van der Waals surface area contributed by atoms with E-state index < -0.39 is 0 Å². The van der Waals surface area contributed by atoms with E-state index in [1.807, 2.05) is 30.3 Å². The van der Waals surface area contributed by atoms with Crippen LogP contribution in [0.5, 0.6) is 11.5 Å². The fourth-order valence-corrected chi connectivity index (χ4v) is 4.90. The molecular weight excluding hydrogens is 402 g/mol. The minimum absolute atomic E-state index is 0.205. The van der Waals surface area contributed by atoms with Crippen molar-refractivity contribution in [2.45, 2.75) is 37.9 Å². The average Bonchev–Trinajstić information content (AvgIpc) is 3.18. The highest BCUT2D eigenvalue weighted by atomic mass is 16.5. The van der Waals surface area contributed by atoms with Gasteiger partial charge < -0.3 is 19.3 Å². The molecule has 2 aliphatic heterocycles. The molecule has 32 heavy (non-hydrogen) atoms. The zero-order valence-corrected chi connectivity index (χ0v) is 19.5. The Kier molecular flexibility index (Phi) is 7.33. The Morgan fingerprint density at radius 2 is 2.00 bits per heavy atom. The topological polar surface area (TPSA) is 45.3 Å². The standard InChI is InChI=1S/C26H35N3O3/c1-27(2)17-23-19-32-25-12-5-4-9-21(25)16-28(23)18-22-10-7-13-29(22)26(30)15-20-8-6-11-24(14-20)31-3/h4-6,8-9,11-12,14,22-23H,7,10,13,15-19H2,1-3H3/t22-,23+/m1/s1. The summed E-state index contributed by atoms with van der Waals surface area (Å²) in [7, 11) is 5.87. The van der Waals surface area contributed by atoms with Crippen molar-refractivity contribution in [3.05, 3.63) is 59.7 Å². The Bertz CT molecular complexity index is 917. The molecule has 2 aliphatic rings. The first-order valence-electron chi connectivity index (χ1n) is 11.6. The zero-order valence-electron chi connectivity index (χ0n) is 19.5. The molecule has 0 unspecified atom stereocenters. The number of carbonyl (C=O) groups is 1. The van der Waals surface area contributed by atoms with Gasteiger partial charge in [0.25, 0.3) is 0 Å². The van der Waals surface area contributed by atoms with Gasteiger partial charge in [0.15, 0.2) is 0 Å². The first-order valence-corrected chi connectivity index (χ1v) is 11.6. The Balaban J connectivity index is 1.47. The second-order valence-corrected chi connectivity index (χ2v) is 9.18. The molecule has 0 radical (unpaired) electrons. The molecule has 172 valence electrons. The molecule has 2 heterocycles. The highest BCUT2D eigenvalue weighted by molar-refractivity contribution is 5.79. The zero-order chi connectivity index (χ0) is 22.5. The number of hydrogen-bond donors (Lipinski definition) is 0. The molecule has 1 saturated heterocycles. The number of amides is 1. The van der Waals surface area contributed by atoms with Crippen molar-refractivity contribution >= 4 is 5.91 Å². The number of hydrogen-bond acceptors (Lipinski definition) is 5. The summed E-state index contributed by atoms with van der Waals surface area (Å²) in [4.78, 5) is 20.1. The smallest absolute Gasteiger partial charge is 0.227 e. The summed E-state index contributed by atoms with van der Waals surface area (Å²) in [6.07, 6.45) is 2.53. The summed E-state index contributed by atoms with van der Waals surface area (Å²) in [6, 6.07) is 16.7. The summed E-state index contributed by atoms with van der Waals surface area (Å²) in [5.41, 5.74) is 2.23. The molecule has 0 bridgehead atoms. The van der Waals surface area contributed by atoms with E-state index in [9.17, 15) is 4.79 Å². The highest BCUT2D eigenvalue weighted by Gasteiger charge is 2.33. The van der Waals surface area contributed by atoms with E-state index in [-0.39, 0.29) is 18.0 Å². The van der Waals surface area contributed by atoms with E-state index in [1.165, 1.54) is 5.56 Å². The van der Waals surface area contributed by atoms with Crippen LogP contribution in [0.2, 0.25) is 0 Å². The Morgan fingerprint density at radius 3 is 2.81 bits per heavy atom. The largest absolute Gasteiger partial charge is 0.497 e. The van der Waals surface area contributed by atoms with Gasteiger partial charge in [0.2, 0.25) is 5.91 Å². The molecule has 1 amide bonds. The molecule has 0 saturated carbocycles. The monoisotopic (exact) mass is 437 g/mol. The number of fused-ring (bicyclic) bond motifs is 1. The number of rotatable bonds is 7. The minimum Gasteiger partial charge on any atom is -0.497 e. The summed E-state index contributed by atoms with van der Waals surface area (Å²) < 4.78 is 11.5. The third-order valence-corrected chi connectivity index (χ3v) is 6.50. The van der Waals surface area contributed by atoms with Crippen LogP contribution in [0.4, 0.5) is 0 Å². The van der Waals surface area contributed by atoms with E-state index in [4.69, 9.17) is 9.47 Å². The van der Waals surface area contributed by atoms with Crippen LogP contribution in [0.1, 0.15) is 24.0 Å². The van der Waals surface area contributed by atoms with Gasteiger partial charge in [-0.1, -0.05) is 30.3 Å². The third kappa shape index (κ3) is 5.43. The number of likely N-dealkylation sites (N-methyl/N-ethyl adjacent to an activating group) is 1. The highest BCUT2D eigenvalue weighted by Crippen LogP contribution is 2.28. The van der Waals surface area contributed by atoms with E-state index >= 15 is 0 Å². The van der Waals surface area contributed by atoms with Gasteiger partial charge in [-0.15, -0.1) is 0 Å². The fraction of sp³-hybridized carbons (Fsp3) is 0.500. The van der Waals surface area contributed by atoms with Crippen LogP contribution in [0.3, 0.4) is 0 Å². The van der Waals surface area contributed by atoms with Gasteiger partial charge in [0.1, 0.15) is 18.1 Å². The molecule has 6 heteroatoms. The summed E-state index contributed by atoms with van der Waals surface area (Å²) in [6.45, 7) is 4.16. The fourth-order valence-electron chi connectivity index (χ4n) is 4.90. The predicted octanol–water partition coefficient (Wildman–Crippen LogP) is 3.05. The van der Waals surface area contributed by atoms with Crippen LogP contribution in [-0.2, 0) is 17.8 Å². The second-order valence-electron chi connectivity index (χ2n) is 9.18. The maximum absolute atomic E-state index is 13.2. The van der Waals surface area contributed by atoms with Gasteiger partial charge in [-0.05, 0) is 50.7 Å². The van der Waals surface area contributed by atoms with E-state index in [1.54, 1.807) is 7.11 Å². The van der Waals surface area contributed by atoms with Gasteiger partial charge in [-0.2, -0.15) is 0 Å². The van der Waals surface area contributed by atoms with Crippen LogP contribution in [0.15, 0.2) is 48.5 Å². The number of carbonyl (C=O) groups excluding carboxylic acids is 1. The predicted molar refractivity (Wildman–Crippen MR) is 126 cm³/mol. The Labute approximate surface area is 191 Å². The SMILES string of the molecule is COc1cccc(CC(=O)N2CCC[C@@H]2CN2Cc3ccccc3OC[C@@H]2CN(C)C)c1. The molecule has 1 fully saturated rings. The van der Waals surface area contributed by atoms with Gasteiger partial charge >= 0.3 is 0 Å². The van der Waals surface area contributed by atoms with Crippen molar-refractivity contribution in [1.82, 2.24) is 14.7 Å². The van der Waals surface area contributed by atoms with Gasteiger partial charge in [-0.25, -0.2) is 0 Å². The molecule has 2 aromatic carbocycles. The normalized spacial score (nSPS) is 21.2. The maximum atomic E-state index is 13.2. The van der Waals surface area contributed by atoms with Crippen LogP contribution in [0, 0.1) is 0 Å². The quantitative estimate of drug-likeness (QED) is 0.666. The first kappa shape index (κ1) is 22.6. The van der Waals surface area contributed by atoms with Gasteiger partial charge in [0, 0.05) is 37.8 Å². The van der Waals surface area contributed by atoms with Crippen molar-refractivity contribution in [3.63, 3.8) is 0 Å². The van der Waals surface area contributed by atoms with Crippen molar-refractivity contribution < 1.29 is 14.3 Å². The van der Waals surface area contributed by atoms with Crippen molar-refractivity contribution in [3.8, 4) is 11.5 Å². The molecular formula is C26H35N3O3. The molecule has 0 spiro atoms. The van der Waals surface area contributed by atoms with Gasteiger partial charge in [0.05, 0.1) is 19.6 Å². The lowest BCUT2D eigenvalue weighted by Gasteiger charge is -2.35. The maximum Gasteiger partial charge on any atom is 0.227 e. The lowest BCUT2D eigenvalue weighted by atomic mass is 10.1. The molecule has 0 N–H and O–H groups in total. The van der Waals surface area contributed by atoms with Crippen molar-refractivity contribution in [2.24, 2.45) is 0 Å². The average molecular weight is 438 g/mol. The number of nitrogens with zero attached hydrogens (tertiary/aromatic N) is 3. The summed E-state index contributed by atoms with van der Waals surface area (Å²) in [5, 5.41) is 0. The summed E-state index contributed by atoms with van der Waals surface area (Å²) >= 11 is 0. The van der Waals surface area contributed by atoms with Crippen molar-refractivity contribution in [2.75, 3.05) is 47.4 Å². The number of likely N-dealkylation sites (tertiary alicyclic amines) is 1. The molecule has 2 atom stereocenters. The van der Waals surface area contributed by atoms with E-state index in [2.05, 4.69) is 47.0 Å². The second kappa shape index (κ2) is 10.4. The molecule has 2 aromatic rings. The molecule has 4 rings (SSSR count). The molecule has 0 aliphatic carbocycles. The Hall–Kier alpha value is -2.57. The summed E-state index contributed by atoms with van der Waals surface area (Å²) in [5.74, 6) is 1.98. The molecule has 0 aromatic heterocycles. The van der Waals surface area contributed by atoms with Crippen molar-refractivity contribution in [1.29, 1.82) is 0 Å². The lowest BCUT2D eigenvalue weighted by molar-refractivity contribution is -0.131. The lowest BCUT2D eigenvalue weighted by Crippen LogP contribution is -2.50. The van der Waals surface area contributed by atoms with E-state index in [0.29, 0.717) is 13.0 Å². The van der Waals surface area contributed by atoms with Crippen LogP contribution < -0.4 is 9.47 Å². The number of ether oxygens (including phenoxy) is 2. The van der Waals surface area contributed by atoms with Crippen LogP contribution in [-0.4, -0.2) is 80.1 Å². The Morgan fingerprint density at radius 1 is 1.16 bits per heavy atom. The number of methoxy groups -OCH3 is 1. The first-order chi connectivity index (χ1) is 15.5.